The van der Waals surface area contributed by atoms with Crippen LogP contribution in [0.25, 0.3) is 10.9 Å². The molecule has 1 atom stereocenters. The van der Waals surface area contributed by atoms with Crippen LogP contribution in [0, 0.1) is 0 Å². The van der Waals surface area contributed by atoms with E-state index >= 15 is 0 Å². The van der Waals surface area contributed by atoms with Crippen LogP contribution >= 0.6 is 11.6 Å². The van der Waals surface area contributed by atoms with Crippen molar-refractivity contribution in [1.29, 1.82) is 0 Å². The van der Waals surface area contributed by atoms with Crippen LogP contribution in [0.3, 0.4) is 0 Å². The zero-order valence-corrected chi connectivity index (χ0v) is 17.8. The zero-order valence-electron chi connectivity index (χ0n) is 17.0. The van der Waals surface area contributed by atoms with E-state index in [9.17, 15) is 9.59 Å². The van der Waals surface area contributed by atoms with Crippen LogP contribution in [0.2, 0.25) is 5.02 Å². The van der Waals surface area contributed by atoms with Crippen molar-refractivity contribution >= 4 is 34.3 Å². The van der Waals surface area contributed by atoms with Gasteiger partial charge in [-0.2, -0.15) is 0 Å². The van der Waals surface area contributed by atoms with Crippen molar-refractivity contribution in [2.24, 2.45) is 0 Å². The van der Waals surface area contributed by atoms with Gasteiger partial charge in [-0.1, -0.05) is 17.7 Å². The number of nitrogens with zero attached hydrogens (tertiary/aromatic N) is 4. The summed E-state index contributed by atoms with van der Waals surface area (Å²) in [5, 5.41) is 1.75. The van der Waals surface area contributed by atoms with Gasteiger partial charge in [0.25, 0.3) is 0 Å². The fourth-order valence-corrected chi connectivity index (χ4v) is 4.60. The van der Waals surface area contributed by atoms with E-state index in [0.717, 1.165) is 49.9 Å². The maximum atomic E-state index is 12.8. The molecule has 0 N–H and O–H groups in total. The van der Waals surface area contributed by atoms with Crippen molar-refractivity contribution in [2.45, 2.75) is 38.8 Å². The molecule has 1 aromatic carbocycles. The Labute approximate surface area is 177 Å². The first-order chi connectivity index (χ1) is 14.0. The minimum atomic E-state index is -0.110. The average Bonchev–Trinajstić information content (AvgIpc) is 3.15. The predicted molar refractivity (Wildman–Crippen MR) is 115 cm³/mol. The summed E-state index contributed by atoms with van der Waals surface area (Å²) in [6, 6.07) is 7.63. The molecular formula is C22H29ClN4O2. The summed E-state index contributed by atoms with van der Waals surface area (Å²) in [4.78, 5) is 31.7. The molecular weight excluding hydrogens is 388 g/mol. The lowest BCUT2D eigenvalue weighted by Crippen LogP contribution is -2.56. The highest BCUT2D eigenvalue weighted by molar-refractivity contribution is 6.31. The second-order valence-electron chi connectivity index (χ2n) is 8.13. The summed E-state index contributed by atoms with van der Waals surface area (Å²) in [5.74, 6) is 0.345. The average molecular weight is 417 g/mol. The summed E-state index contributed by atoms with van der Waals surface area (Å²) < 4.78 is 1.96. The first-order valence-electron chi connectivity index (χ1n) is 10.6. The van der Waals surface area contributed by atoms with Gasteiger partial charge in [-0.15, -0.1) is 0 Å². The number of halogens is 1. The molecule has 4 rings (SSSR count). The molecule has 3 heterocycles. The largest absolute Gasteiger partial charge is 0.341 e. The number of aromatic nitrogens is 1. The van der Waals surface area contributed by atoms with Crippen LogP contribution in [-0.4, -0.2) is 76.4 Å². The number of piperazine rings is 1. The Balaban J connectivity index is 1.32. The molecule has 0 saturated carbocycles. The van der Waals surface area contributed by atoms with E-state index in [-0.39, 0.29) is 17.9 Å². The molecule has 1 aromatic heterocycles. The van der Waals surface area contributed by atoms with Crippen molar-refractivity contribution in [3.05, 3.63) is 35.5 Å². The summed E-state index contributed by atoms with van der Waals surface area (Å²) in [5.41, 5.74) is 0.977. The van der Waals surface area contributed by atoms with Crippen LogP contribution in [0.5, 0.6) is 0 Å². The maximum absolute atomic E-state index is 12.8. The third-order valence-electron chi connectivity index (χ3n) is 6.28. The number of hydrogen-bond donors (Lipinski definition) is 0. The predicted octanol–water partition coefficient (Wildman–Crippen LogP) is 2.84. The number of benzene rings is 1. The smallest absolute Gasteiger partial charge is 0.242 e. The topological polar surface area (TPSA) is 48.8 Å². The molecule has 0 radical (unpaired) electrons. The van der Waals surface area contributed by atoms with Gasteiger partial charge in [0, 0.05) is 56.0 Å². The van der Waals surface area contributed by atoms with Gasteiger partial charge in [0.15, 0.2) is 0 Å². The Bertz CT molecular complexity index is 882. The van der Waals surface area contributed by atoms with Gasteiger partial charge in [0.05, 0.1) is 6.04 Å². The van der Waals surface area contributed by atoms with E-state index in [1.54, 1.807) is 0 Å². The van der Waals surface area contributed by atoms with Gasteiger partial charge < -0.3 is 14.4 Å². The van der Waals surface area contributed by atoms with Gasteiger partial charge >= 0.3 is 0 Å². The van der Waals surface area contributed by atoms with E-state index in [1.165, 1.54) is 6.42 Å². The van der Waals surface area contributed by atoms with Crippen molar-refractivity contribution in [3.63, 3.8) is 0 Å². The SMILES string of the molecule is CC(C(=O)N1CCCCC1)N1CCN(C(=O)Cn2ccc3ccc(Cl)cc32)CC1. The lowest BCUT2D eigenvalue weighted by molar-refractivity contribution is -0.139. The molecule has 0 bridgehead atoms. The van der Waals surface area contributed by atoms with E-state index in [4.69, 9.17) is 11.6 Å². The Morgan fingerprint density at radius 3 is 2.41 bits per heavy atom. The summed E-state index contributed by atoms with van der Waals surface area (Å²) in [7, 11) is 0. The molecule has 156 valence electrons. The Morgan fingerprint density at radius 2 is 1.69 bits per heavy atom. The fraction of sp³-hybridized carbons (Fsp3) is 0.545. The summed E-state index contributed by atoms with van der Waals surface area (Å²) >= 11 is 6.11. The third kappa shape index (κ3) is 4.43. The summed E-state index contributed by atoms with van der Waals surface area (Å²) in [6.07, 6.45) is 5.39. The number of carbonyl (C=O) groups is 2. The molecule has 7 heteroatoms. The molecule has 2 amide bonds. The number of likely N-dealkylation sites (tertiary alicyclic amines) is 1. The van der Waals surface area contributed by atoms with Crippen molar-refractivity contribution in [3.8, 4) is 0 Å². The first kappa shape index (κ1) is 20.2. The van der Waals surface area contributed by atoms with Gasteiger partial charge in [-0.25, -0.2) is 0 Å². The van der Waals surface area contributed by atoms with Crippen LogP contribution in [-0.2, 0) is 16.1 Å². The standard InChI is InChI=1S/C22H29ClN4O2/c1-17(22(29)26-8-3-2-4-9-26)24-11-13-25(14-12-24)21(28)16-27-10-7-18-5-6-19(23)15-20(18)27/h5-7,10,15,17H,2-4,8-9,11-14,16H2,1H3. The van der Waals surface area contributed by atoms with E-state index in [2.05, 4.69) is 4.90 Å². The lowest BCUT2D eigenvalue weighted by atomic mass is 10.1. The highest BCUT2D eigenvalue weighted by Crippen LogP contribution is 2.21. The molecule has 1 unspecified atom stereocenters. The number of rotatable bonds is 4. The normalized spacial score (nSPS) is 19.5. The van der Waals surface area contributed by atoms with Gasteiger partial charge in [-0.05, 0) is 49.8 Å². The Morgan fingerprint density at radius 1 is 0.966 bits per heavy atom. The quantitative estimate of drug-likeness (QED) is 0.770. The number of carbonyl (C=O) groups excluding carboxylic acids is 2. The lowest BCUT2D eigenvalue weighted by Gasteiger charge is -2.39. The molecule has 2 saturated heterocycles. The van der Waals surface area contributed by atoms with Crippen molar-refractivity contribution in [2.75, 3.05) is 39.3 Å². The van der Waals surface area contributed by atoms with Crippen LogP contribution in [0.15, 0.2) is 30.5 Å². The first-order valence-corrected chi connectivity index (χ1v) is 11.0. The Kier molecular flexibility index (Phi) is 6.11. The molecule has 2 aliphatic heterocycles. The molecule has 0 aliphatic carbocycles. The molecule has 6 nitrogen and oxygen atoms in total. The second-order valence-corrected chi connectivity index (χ2v) is 8.56. The molecule has 2 aromatic rings. The van der Waals surface area contributed by atoms with Crippen LogP contribution in [0.4, 0.5) is 0 Å². The number of hydrogen-bond acceptors (Lipinski definition) is 3. The van der Waals surface area contributed by atoms with Crippen molar-refractivity contribution < 1.29 is 9.59 Å². The van der Waals surface area contributed by atoms with Gasteiger partial charge in [0.1, 0.15) is 6.54 Å². The molecule has 2 fully saturated rings. The second kappa shape index (κ2) is 8.76. The number of fused-ring (bicyclic) bond motifs is 1. The van der Waals surface area contributed by atoms with Crippen LogP contribution in [0.1, 0.15) is 26.2 Å². The fourth-order valence-electron chi connectivity index (χ4n) is 4.43. The number of amides is 2. The monoisotopic (exact) mass is 416 g/mol. The number of piperidine rings is 1. The third-order valence-corrected chi connectivity index (χ3v) is 6.52. The van der Waals surface area contributed by atoms with Crippen LogP contribution < -0.4 is 0 Å². The highest BCUT2D eigenvalue weighted by Gasteiger charge is 2.30. The maximum Gasteiger partial charge on any atom is 0.242 e. The zero-order chi connectivity index (χ0) is 20.4. The molecule has 2 aliphatic rings. The van der Waals surface area contributed by atoms with Crippen molar-refractivity contribution in [1.82, 2.24) is 19.3 Å². The van der Waals surface area contributed by atoms with E-state index in [1.807, 2.05) is 51.8 Å². The molecule has 0 spiro atoms. The van der Waals surface area contributed by atoms with E-state index < -0.39 is 0 Å². The molecule has 29 heavy (non-hydrogen) atoms. The Hall–Kier alpha value is -2.05. The van der Waals surface area contributed by atoms with E-state index in [0.29, 0.717) is 24.7 Å². The van der Waals surface area contributed by atoms with Gasteiger partial charge in [-0.3, -0.25) is 14.5 Å². The van der Waals surface area contributed by atoms with Gasteiger partial charge in [0.2, 0.25) is 11.8 Å². The minimum absolute atomic E-state index is 0.108. The highest BCUT2D eigenvalue weighted by atomic mass is 35.5. The summed E-state index contributed by atoms with van der Waals surface area (Å²) in [6.45, 7) is 6.89. The minimum Gasteiger partial charge on any atom is -0.341 e.